The maximum absolute atomic E-state index is 6.11. The molecule has 0 amide bonds. The largest absolute Gasteiger partial charge is 0.457 e. The molecule has 2 aromatic carbocycles. The highest BCUT2D eigenvalue weighted by Gasteiger charge is 2.17. The smallest absolute Gasteiger partial charge is 0.128 e. The van der Waals surface area contributed by atoms with Gasteiger partial charge in [-0.05, 0) is 68.0 Å². The molecule has 26 heavy (non-hydrogen) atoms. The van der Waals surface area contributed by atoms with Crippen LogP contribution in [0.1, 0.15) is 71.4 Å². The Labute approximate surface area is 158 Å². The van der Waals surface area contributed by atoms with Gasteiger partial charge in [0.2, 0.25) is 0 Å². The van der Waals surface area contributed by atoms with Crippen LogP contribution in [0.3, 0.4) is 0 Å². The minimum atomic E-state index is -0.00412. The molecule has 0 bridgehead atoms. The van der Waals surface area contributed by atoms with Crippen molar-refractivity contribution in [3.05, 3.63) is 53.6 Å². The lowest BCUT2D eigenvalue weighted by molar-refractivity contribution is 0.480. The molecule has 0 heterocycles. The van der Waals surface area contributed by atoms with E-state index in [-0.39, 0.29) is 5.54 Å². The quantitative estimate of drug-likeness (QED) is 0.459. The third kappa shape index (κ3) is 5.62. The molecule has 0 radical (unpaired) electrons. The molecule has 140 valence electrons. The molecule has 2 aromatic rings. The highest BCUT2D eigenvalue weighted by atomic mass is 16.5. The summed E-state index contributed by atoms with van der Waals surface area (Å²) in [6.45, 7) is 15.2. The molecule has 0 saturated carbocycles. The third-order valence-electron chi connectivity index (χ3n) is 4.06. The van der Waals surface area contributed by atoms with E-state index in [2.05, 4.69) is 65.9 Å². The van der Waals surface area contributed by atoms with E-state index in [0.717, 1.165) is 17.2 Å². The number of hydrogen-bond donors (Lipinski definition) is 1. The van der Waals surface area contributed by atoms with Gasteiger partial charge in [0.05, 0.1) is 12.0 Å². The first-order valence-electron chi connectivity index (χ1n) is 9.38. The molecule has 0 aromatic heterocycles. The second kappa shape index (κ2) is 8.39. The summed E-state index contributed by atoms with van der Waals surface area (Å²) in [5, 5.41) is 3.33. The molecule has 0 atom stereocenters. The standard InChI is InChI=1S/C23H32N2O/c1-16(2)20-13-19(26-18-11-9-8-10-12-18)14-21(17(3)4)22(20)24-15-25-23(5,6)7/h8-17H,1-7H3,(H,24,25). The van der Waals surface area contributed by atoms with Gasteiger partial charge in [-0.2, -0.15) is 0 Å². The van der Waals surface area contributed by atoms with Crippen LogP contribution in [0.25, 0.3) is 0 Å². The molecule has 0 saturated heterocycles. The minimum absolute atomic E-state index is 0.00412. The molecule has 1 N–H and O–H groups in total. The van der Waals surface area contributed by atoms with E-state index in [0.29, 0.717) is 11.8 Å². The highest BCUT2D eigenvalue weighted by molar-refractivity contribution is 5.68. The normalized spacial score (nSPS) is 12.2. The van der Waals surface area contributed by atoms with E-state index in [9.17, 15) is 0 Å². The van der Waals surface area contributed by atoms with Crippen molar-refractivity contribution in [3.8, 4) is 11.5 Å². The van der Waals surface area contributed by atoms with E-state index in [1.807, 2.05) is 36.7 Å². The minimum Gasteiger partial charge on any atom is -0.457 e. The van der Waals surface area contributed by atoms with Gasteiger partial charge >= 0.3 is 0 Å². The van der Waals surface area contributed by atoms with Crippen molar-refractivity contribution < 1.29 is 4.74 Å². The number of ether oxygens (including phenoxy) is 1. The molecule has 3 nitrogen and oxygen atoms in total. The first kappa shape index (κ1) is 20.0. The SMILES string of the molecule is CC(C)c1cc(Oc2ccccc2)cc(C(C)C)c1N=CNC(C)(C)C. The number of nitrogens with one attached hydrogen (secondary N) is 1. The van der Waals surface area contributed by atoms with E-state index < -0.39 is 0 Å². The molecule has 0 fully saturated rings. The van der Waals surface area contributed by atoms with Crippen LogP contribution in [0.2, 0.25) is 0 Å². The topological polar surface area (TPSA) is 33.6 Å². The summed E-state index contributed by atoms with van der Waals surface area (Å²) in [5.74, 6) is 2.43. The molecule has 2 rings (SSSR count). The summed E-state index contributed by atoms with van der Waals surface area (Å²) in [4.78, 5) is 4.79. The molecule has 0 unspecified atom stereocenters. The first-order chi connectivity index (χ1) is 12.2. The van der Waals surface area contributed by atoms with Crippen LogP contribution in [0.4, 0.5) is 5.69 Å². The van der Waals surface area contributed by atoms with Gasteiger partial charge in [-0.1, -0.05) is 45.9 Å². The summed E-state index contributed by atoms with van der Waals surface area (Å²) >= 11 is 0. The van der Waals surface area contributed by atoms with Gasteiger partial charge in [0, 0.05) is 5.54 Å². The Hall–Kier alpha value is -2.29. The van der Waals surface area contributed by atoms with Gasteiger partial charge in [-0.3, -0.25) is 0 Å². The fourth-order valence-corrected chi connectivity index (χ4v) is 2.65. The number of hydrogen-bond acceptors (Lipinski definition) is 2. The average molecular weight is 353 g/mol. The Morgan fingerprint density at radius 2 is 1.42 bits per heavy atom. The summed E-state index contributed by atoms with van der Waals surface area (Å²) in [6.07, 6.45) is 1.82. The number of nitrogens with zero attached hydrogens (tertiary/aromatic N) is 1. The highest BCUT2D eigenvalue weighted by Crippen LogP contribution is 2.39. The summed E-state index contributed by atoms with van der Waals surface area (Å²) in [7, 11) is 0. The van der Waals surface area contributed by atoms with Gasteiger partial charge in [-0.25, -0.2) is 4.99 Å². The molecular formula is C23H32N2O. The van der Waals surface area contributed by atoms with Crippen LogP contribution in [0, 0.1) is 0 Å². The summed E-state index contributed by atoms with van der Waals surface area (Å²) < 4.78 is 6.11. The lowest BCUT2D eigenvalue weighted by Crippen LogP contribution is -2.34. The van der Waals surface area contributed by atoms with Crippen molar-refractivity contribution in [2.45, 2.75) is 65.8 Å². The Bertz CT molecular complexity index is 712. The van der Waals surface area contributed by atoms with Crippen LogP contribution >= 0.6 is 0 Å². The second-order valence-corrected chi connectivity index (χ2v) is 8.33. The average Bonchev–Trinajstić information content (AvgIpc) is 2.55. The van der Waals surface area contributed by atoms with Crippen molar-refractivity contribution in [3.63, 3.8) is 0 Å². The lowest BCUT2D eigenvalue weighted by atomic mass is 9.92. The first-order valence-corrected chi connectivity index (χ1v) is 9.38. The van der Waals surface area contributed by atoms with Gasteiger partial charge < -0.3 is 10.1 Å². The van der Waals surface area contributed by atoms with Crippen molar-refractivity contribution in [2.24, 2.45) is 4.99 Å². The van der Waals surface area contributed by atoms with E-state index in [1.165, 1.54) is 11.1 Å². The number of benzene rings is 2. The number of para-hydroxylation sites is 1. The van der Waals surface area contributed by atoms with E-state index in [4.69, 9.17) is 9.73 Å². The zero-order valence-electron chi connectivity index (χ0n) is 17.1. The van der Waals surface area contributed by atoms with Gasteiger partial charge in [0.15, 0.2) is 0 Å². The molecule has 0 aliphatic rings. The zero-order valence-corrected chi connectivity index (χ0v) is 17.1. The van der Waals surface area contributed by atoms with Crippen molar-refractivity contribution >= 4 is 12.0 Å². The monoisotopic (exact) mass is 352 g/mol. The Morgan fingerprint density at radius 3 is 1.88 bits per heavy atom. The number of rotatable bonds is 6. The Balaban J connectivity index is 2.46. The van der Waals surface area contributed by atoms with Crippen LogP contribution in [0.5, 0.6) is 11.5 Å². The number of aliphatic imine (C=N–C) groups is 1. The predicted octanol–water partition coefficient (Wildman–Crippen LogP) is 6.77. The van der Waals surface area contributed by atoms with Gasteiger partial charge in [0.1, 0.15) is 11.5 Å². The fourth-order valence-electron chi connectivity index (χ4n) is 2.65. The Kier molecular flexibility index (Phi) is 6.47. The predicted molar refractivity (Wildman–Crippen MR) is 112 cm³/mol. The summed E-state index contributed by atoms with van der Waals surface area (Å²) in [6, 6.07) is 14.1. The molecule has 0 spiro atoms. The molecule has 3 heteroatoms. The van der Waals surface area contributed by atoms with Crippen LogP contribution in [0.15, 0.2) is 47.5 Å². The Morgan fingerprint density at radius 1 is 0.885 bits per heavy atom. The van der Waals surface area contributed by atoms with Crippen molar-refractivity contribution in [2.75, 3.05) is 0 Å². The maximum Gasteiger partial charge on any atom is 0.128 e. The fraction of sp³-hybridized carbons (Fsp3) is 0.435. The van der Waals surface area contributed by atoms with Crippen LogP contribution < -0.4 is 10.1 Å². The van der Waals surface area contributed by atoms with Crippen LogP contribution in [-0.4, -0.2) is 11.9 Å². The van der Waals surface area contributed by atoms with Gasteiger partial charge in [-0.15, -0.1) is 0 Å². The van der Waals surface area contributed by atoms with E-state index in [1.54, 1.807) is 0 Å². The molecular weight excluding hydrogens is 320 g/mol. The maximum atomic E-state index is 6.11. The van der Waals surface area contributed by atoms with Gasteiger partial charge in [0.25, 0.3) is 0 Å². The molecule has 0 aliphatic heterocycles. The second-order valence-electron chi connectivity index (χ2n) is 8.33. The lowest BCUT2D eigenvalue weighted by Gasteiger charge is -2.21. The molecule has 0 aliphatic carbocycles. The zero-order chi connectivity index (χ0) is 19.3. The van der Waals surface area contributed by atoms with Crippen molar-refractivity contribution in [1.29, 1.82) is 0 Å². The van der Waals surface area contributed by atoms with Crippen LogP contribution in [-0.2, 0) is 0 Å². The third-order valence-corrected chi connectivity index (χ3v) is 4.06. The van der Waals surface area contributed by atoms with Crippen molar-refractivity contribution in [1.82, 2.24) is 5.32 Å². The summed E-state index contributed by atoms with van der Waals surface area (Å²) in [5.41, 5.74) is 3.45. The van der Waals surface area contributed by atoms with E-state index >= 15 is 0 Å².